The van der Waals surface area contributed by atoms with Crippen molar-refractivity contribution in [3.8, 4) is 11.6 Å². The van der Waals surface area contributed by atoms with Crippen molar-refractivity contribution in [2.45, 2.75) is 13.0 Å². The van der Waals surface area contributed by atoms with E-state index in [0.29, 0.717) is 30.4 Å². The summed E-state index contributed by atoms with van der Waals surface area (Å²) in [6, 6.07) is 9.74. The fourth-order valence-electron chi connectivity index (χ4n) is 2.37. The normalized spacial score (nSPS) is 11.1. The van der Waals surface area contributed by atoms with Crippen molar-refractivity contribution in [1.29, 1.82) is 0 Å². The van der Waals surface area contributed by atoms with Crippen molar-refractivity contribution in [2.24, 2.45) is 4.99 Å². The first-order valence-electron chi connectivity index (χ1n) is 8.05. The van der Waals surface area contributed by atoms with Gasteiger partial charge in [0.05, 0.1) is 10.3 Å². The number of guanidine groups is 1. The number of hydrogen-bond donors (Lipinski definition) is 1. The van der Waals surface area contributed by atoms with Gasteiger partial charge < -0.3 is 14.7 Å². The van der Waals surface area contributed by atoms with Crippen LogP contribution in [0, 0.1) is 0 Å². The van der Waals surface area contributed by atoms with Gasteiger partial charge in [-0.1, -0.05) is 11.2 Å². The first kappa shape index (κ1) is 21.8. The molecule has 0 fully saturated rings. The van der Waals surface area contributed by atoms with Crippen LogP contribution in [0.15, 0.2) is 49.8 Å². The first-order valence-corrected chi connectivity index (χ1v) is 9.66. The molecule has 7 nitrogen and oxygen atoms in total. The van der Waals surface area contributed by atoms with E-state index in [-0.39, 0.29) is 24.0 Å². The third-order valence-electron chi connectivity index (χ3n) is 3.58. The molecule has 10 heteroatoms. The molecule has 0 atom stereocenters. The van der Waals surface area contributed by atoms with Gasteiger partial charge in [0, 0.05) is 38.1 Å². The van der Waals surface area contributed by atoms with Gasteiger partial charge >= 0.3 is 0 Å². The molecule has 0 radical (unpaired) electrons. The molecule has 3 heterocycles. The second kappa shape index (κ2) is 10.7. The summed E-state index contributed by atoms with van der Waals surface area (Å²) in [4.78, 5) is 16.3. The summed E-state index contributed by atoms with van der Waals surface area (Å²) < 4.78 is 6.40. The van der Waals surface area contributed by atoms with Gasteiger partial charge in [0.25, 0.3) is 5.89 Å². The van der Waals surface area contributed by atoms with E-state index in [0.717, 1.165) is 16.3 Å². The lowest BCUT2D eigenvalue weighted by atomic mass is 10.3. The minimum Gasteiger partial charge on any atom is -0.356 e. The van der Waals surface area contributed by atoms with E-state index in [4.69, 9.17) is 4.52 Å². The lowest BCUT2D eigenvalue weighted by Gasteiger charge is -2.21. The van der Waals surface area contributed by atoms with Crippen LogP contribution in [-0.2, 0) is 13.0 Å². The van der Waals surface area contributed by atoms with Crippen LogP contribution in [-0.4, -0.2) is 46.6 Å². The Kier molecular flexibility index (Phi) is 8.64. The lowest BCUT2D eigenvalue weighted by Crippen LogP contribution is -2.39. The minimum atomic E-state index is 0. The maximum Gasteiger partial charge on any atom is 0.276 e. The molecule has 0 spiro atoms. The molecule has 1 N–H and O–H groups in total. The standard InChI is InChI=1S/C17H19BrN6OS.HI/c1-19-17(24(2)11-12-6-7-14(18)26-12)21-10-8-15-22-16(25-23-15)13-5-3-4-9-20-13;/h3-7,9H,8,10-11H2,1-2H3,(H,19,21);1H. The number of halogens is 2. The molecule has 0 bridgehead atoms. The second-order valence-electron chi connectivity index (χ2n) is 5.52. The summed E-state index contributed by atoms with van der Waals surface area (Å²) in [6.07, 6.45) is 2.33. The van der Waals surface area contributed by atoms with Crippen LogP contribution >= 0.6 is 51.2 Å². The summed E-state index contributed by atoms with van der Waals surface area (Å²) in [5.41, 5.74) is 0.678. The van der Waals surface area contributed by atoms with E-state index in [9.17, 15) is 0 Å². The largest absolute Gasteiger partial charge is 0.356 e. The van der Waals surface area contributed by atoms with Crippen molar-refractivity contribution >= 4 is 57.2 Å². The predicted octanol–water partition coefficient (Wildman–Crippen LogP) is 3.82. The van der Waals surface area contributed by atoms with Crippen molar-refractivity contribution in [1.82, 2.24) is 25.3 Å². The Bertz CT molecular complexity index is 869. The van der Waals surface area contributed by atoms with Gasteiger partial charge in [0.1, 0.15) is 5.69 Å². The van der Waals surface area contributed by atoms with Gasteiger partial charge in [0.15, 0.2) is 11.8 Å². The number of hydrogen-bond acceptors (Lipinski definition) is 6. The molecule has 27 heavy (non-hydrogen) atoms. The highest BCUT2D eigenvalue weighted by Gasteiger charge is 2.11. The number of thiophene rings is 1. The highest BCUT2D eigenvalue weighted by Crippen LogP contribution is 2.23. The Balaban J connectivity index is 0.00000261. The topological polar surface area (TPSA) is 79.4 Å². The zero-order valence-corrected chi connectivity index (χ0v) is 19.7. The minimum absolute atomic E-state index is 0. The SMILES string of the molecule is CN=C(NCCc1noc(-c2ccccn2)n1)N(C)Cc1ccc(Br)s1.I. The highest BCUT2D eigenvalue weighted by molar-refractivity contribution is 14.0. The number of nitrogens with zero attached hydrogens (tertiary/aromatic N) is 5. The zero-order valence-electron chi connectivity index (χ0n) is 14.9. The van der Waals surface area contributed by atoms with Gasteiger partial charge in [-0.05, 0) is 40.2 Å². The van der Waals surface area contributed by atoms with E-state index in [1.165, 1.54) is 4.88 Å². The Morgan fingerprint density at radius 3 is 2.85 bits per heavy atom. The zero-order chi connectivity index (χ0) is 18.4. The van der Waals surface area contributed by atoms with Gasteiger partial charge in [0.2, 0.25) is 0 Å². The Morgan fingerprint density at radius 2 is 2.19 bits per heavy atom. The summed E-state index contributed by atoms with van der Waals surface area (Å²) in [5.74, 6) is 1.90. The average molecular weight is 563 g/mol. The van der Waals surface area contributed by atoms with Crippen molar-refractivity contribution < 1.29 is 4.52 Å². The summed E-state index contributed by atoms with van der Waals surface area (Å²) in [5, 5.41) is 7.33. The Labute approximate surface area is 187 Å². The third-order valence-corrected chi connectivity index (χ3v) is 5.19. The van der Waals surface area contributed by atoms with Crippen LogP contribution in [0.3, 0.4) is 0 Å². The van der Waals surface area contributed by atoms with Gasteiger partial charge in [-0.25, -0.2) is 0 Å². The number of nitrogens with one attached hydrogen (secondary N) is 1. The quantitative estimate of drug-likeness (QED) is 0.279. The number of aliphatic imine (C=N–C) groups is 1. The fraction of sp³-hybridized carbons (Fsp3) is 0.294. The molecule has 0 aromatic carbocycles. The van der Waals surface area contributed by atoms with Crippen LogP contribution < -0.4 is 5.32 Å². The van der Waals surface area contributed by atoms with Crippen LogP contribution in [0.5, 0.6) is 0 Å². The maximum absolute atomic E-state index is 5.27. The van der Waals surface area contributed by atoms with Crippen LogP contribution in [0.4, 0.5) is 0 Å². The smallest absolute Gasteiger partial charge is 0.276 e. The molecule has 3 rings (SSSR count). The van der Waals surface area contributed by atoms with Gasteiger partial charge in [-0.15, -0.1) is 35.3 Å². The van der Waals surface area contributed by atoms with Crippen LogP contribution in [0.1, 0.15) is 10.7 Å². The van der Waals surface area contributed by atoms with Crippen LogP contribution in [0.2, 0.25) is 0 Å². The maximum atomic E-state index is 5.27. The monoisotopic (exact) mass is 562 g/mol. The average Bonchev–Trinajstić information content (AvgIpc) is 3.28. The summed E-state index contributed by atoms with van der Waals surface area (Å²) in [7, 11) is 3.78. The van der Waals surface area contributed by atoms with E-state index in [1.54, 1.807) is 24.6 Å². The molecule has 0 aliphatic heterocycles. The predicted molar refractivity (Wildman–Crippen MR) is 121 cm³/mol. The molecular formula is C17H20BrIN6OS. The first-order chi connectivity index (χ1) is 12.7. The van der Waals surface area contributed by atoms with E-state index >= 15 is 0 Å². The fourth-order valence-corrected chi connectivity index (χ4v) is 3.90. The molecule has 0 aliphatic rings. The number of aromatic nitrogens is 3. The highest BCUT2D eigenvalue weighted by atomic mass is 127. The van der Waals surface area contributed by atoms with Crippen molar-refractivity contribution in [2.75, 3.05) is 20.6 Å². The van der Waals surface area contributed by atoms with Crippen LogP contribution in [0.25, 0.3) is 11.6 Å². The Morgan fingerprint density at radius 1 is 1.33 bits per heavy atom. The lowest BCUT2D eigenvalue weighted by molar-refractivity contribution is 0.420. The van der Waals surface area contributed by atoms with Crippen molar-refractivity contribution in [3.05, 3.63) is 51.0 Å². The third kappa shape index (κ3) is 6.25. The van der Waals surface area contributed by atoms with E-state index < -0.39 is 0 Å². The van der Waals surface area contributed by atoms with Gasteiger partial charge in [-0.2, -0.15) is 4.98 Å². The molecule has 0 unspecified atom stereocenters. The number of rotatable bonds is 6. The molecule has 0 saturated carbocycles. The summed E-state index contributed by atoms with van der Waals surface area (Å²) >= 11 is 5.21. The molecule has 3 aromatic rings. The second-order valence-corrected chi connectivity index (χ2v) is 8.06. The molecule has 144 valence electrons. The molecule has 0 aliphatic carbocycles. The Hall–Kier alpha value is -1.53. The number of pyridine rings is 1. The molecular weight excluding hydrogens is 543 g/mol. The molecule has 0 amide bonds. The van der Waals surface area contributed by atoms with E-state index in [1.807, 2.05) is 25.2 Å². The van der Waals surface area contributed by atoms with Crippen molar-refractivity contribution in [3.63, 3.8) is 0 Å². The molecule has 0 saturated heterocycles. The van der Waals surface area contributed by atoms with E-state index in [2.05, 4.69) is 58.4 Å². The van der Waals surface area contributed by atoms with Gasteiger partial charge in [-0.3, -0.25) is 9.98 Å². The molecule has 3 aromatic heterocycles. The summed E-state index contributed by atoms with van der Waals surface area (Å²) in [6.45, 7) is 1.45.